The van der Waals surface area contributed by atoms with Crippen molar-refractivity contribution in [2.45, 2.75) is 19.8 Å². The summed E-state index contributed by atoms with van der Waals surface area (Å²) in [5.41, 5.74) is -0.628. The molecule has 2 atom stereocenters. The average Bonchev–Trinajstić information content (AvgIpc) is 2.92. The molecule has 8 heteroatoms. The molecule has 1 aromatic rings. The zero-order chi connectivity index (χ0) is 18.6. The summed E-state index contributed by atoms with van der Waals surface area (Å²) in [6.45, 7) is 4.53. The lowest BCUT2D eigenvalue weighted by Gasteiger charge is -2.31. The average molecular weight is 362 g/mol. The van der Waals surface area contributed by atoms with E-state index in [2.05, 4.69) is 9.97 Å². The van der Waals surface area contributed by atoms with Gasteiger partial charge in [-0.05, 0) is 25.8 Å². The predicted molar refractivity (Wildman–Crippen MR) is 94.5 cm³/mol. The van der Waals surface area contributed by atoms with Crippen molar-refractivity contribution < 1.29 is 19.1 Å². The number of amides is 1. The Kier molecular flexibility index (Phi) is 5.70. The molecule has 0 N–H and O–H groups in total. The van der Waals surface area contributed by atoms with Crippen LogP contribution in [0.25, 0.3) is 0 Å². The van der Waals surface area contributed by atoms with E-state index in [0.29, 0.717) is 45.2 Å². The van der Waals surface area contributed by atoms with Crippen molar-refractivity contribution in [2.75, 3.05) is 51.4 Å². The van der Waals surface area contributed by atoms with Gasteiger partial charge in [-0.1, -0.05) is 0 Å². The Morgan fingerprint density at radius 1 is 1.31 bits per heavy atom. The SMILES string of the molecule is CCOC(=O)[C@]12CCCN(C(=O)COC)C[C@H]1CN(c1ncccn1)C2. The molecule has 0 unspecified atom stereocenters. The minimum Gasteiger partial charge on any atom is -0.466 e. The van der Waals surface area contributed by atoms with E-state index in [-0.39, 0.29) is 24.4 Å². The number of methoxy groups -OCH3 is 1. The summed E-state index contributed by atoms with van der Waals surface area (Å²) in [6, 6.07) is 1.77. The summed E-state index contributed by atoms with van der Waals surface area (Å²) in [4.78, 5) is 37.7. The monoisotopic (exact) mass is 362 g/mol. The van der Waals surface area contributed by atoms with Crippen molar-refractivity contribution >= 4 is 17.8 Å². The van der Waals surface area contributed by atoms with Gasteiger partial charge in [0.25, 0.3) is 0 Å². The van der Waals surface area contributed by atoms with Crippen LogP contribution < -0.4 is 4.90 Å². The van der Waals surface area contributed by atoms with E-state index in [1.54, 1.807) is 18.5 Å². The highest BCUT2D eigenvalue weighted by Gasteiger charge is 2.55. The van der Waals surface area contributed by atoms with Gasteiger partial charge in [-0.15, -0.1) is 0 Å². The van der Waals surface area contributed by atoms with Gasteiger partial charge in [0, 0.05) is 51.6 Å². The molecule has 0 bridgehead atoms. The molecule has 8 nitrogen and oxygen atoms in total. The Labute approximate surface area is 153 Å². The molecule has 0 radical (unpaired) electrons. The van der Waals surface area contributed by atoms with Crippen LogP contribution in [-0.4, -0.2) is 73.2 Å². The minimum atomic E-state index is -0.628. The highest BCUT2D eigenvalue weighted by Crippen LogP contribution is 2.44. The lowest BCUT2D eigenvalue weighted by molar-refractivity contribution is -0.157. The van der Waals surface area contributed by atoms with Crippen molar-refractivity contribution in [1.82, 2.24) is 14.9 Å². The number of fused-ring (bicyclic) bond motifs is 1. The predicted octanol–water partition coefficient (Wildman–Crippen LogP) is 0.731. The van der Waals surface area contributed by atoms with Crippen molar-refractivity contribution in [3.8, 4) is 0 Å². The quantitative estimate of drug-likeness (QED) is 0.714. The number of carbonyl (C=O) groups is 2. The van der Waals surface area contributed by atoms with Crippen LogP contribution in [0, 0.1) is 11.3 Å². The van der Waals surface area contributed by atoms with Gasteiger partial charge < -0.3 is 19.3 Å². The summed E-state index contributed by atoms with van der Waals surface area (Å²) in [5.74, 6) is 0.374. The van der Waals surface area contributed by atoms with Gasteiger partial charge in [-0.3, -0.25) is 9.59 Å². The van der Waals surface area contributed by atoms with E-state index >= 15 is 0 Å². The maximum atomic E-state index is 12.9. The summed E-state index contributed by atoms with van der Waals surface area (Å²) in [6.07, 6.45) is 4.84. The van der Waals surface area contributed by atoms with Crippen molar-refractivity contribution in [1.29, 1.82) is 0 Å². The Hall–Kier alpha value is -2.22. The first-order valence-corrected chi connectivity index (χ1v) is 9.06. The lowest BCUT2D eigenvalue weighted by Crippen LogP contribution is -2.44. The number of aromatic nitrogens is 2. The number of esters is 1. The number of ether oxygens (including phenoxy) is 2. The number of carbonyl (C=O) groups excluding carboxylic acids is 2. The van der Waals surface area contributed by atoms with E-state index < -0.39 is 5.41 Å². The maximum absolute atomic E-state index is 12.9. The van der Waals surface area contributed by atoms with Gasteiger partial charge in [0.2, 0.25) is 11.9 Å². The van der Waals surface area contributed by atoms with Crippen LogP contribution in [0.2, 0.25) is 0 Å². The maximum Gasteiger partial charge on any atom is 0.314 e. The molecule has 2 saturated heterocycles. The van der Waals surface area contributed by atoms with Crippen LogP contribution in [0.5, 0.6) is 0 Å². The number of anilines is 1. The van der Waals surface area contributed by atoms with E-state index in [1.165, 1.54) is 7.11 Å². The number of hydrogen-bond donors (Lipinski definition) is 0. The van der Waals surface area contributed by atoms with E-state index in [1.807, 2.05) is 16.7 Å². The highest BCUT2D eigenvalue weighted by molar-refractivity contribution is 5.80. The molecule has 2 aliphatic heterocycles. The van der Waals surface area contributed by atoms with Gasteiger partial charge in [0.05, 0.1) is 12.0 Å². The van der Waals surface area contributed by atoms with Gasteiger partial charge >= 0.3 is 5.97 Å². The first-order chi connectivity index (χ1) is 12.6. The third-order valence-electron chi connectivity index (χ3n) is 5.32. The van der Waals surface area contributed by atoms with Crippen LogP contribution >= 0.6 is 0 Å². The zero-order valence-electron chi connectivity index (χ0n) is 15.4. The van der Waals surface area contributed by atoms with E-state index in [4.69, 9.17) is 9.47 Å². The topological polar surface area (TPSA) is 84.9 Å². The number of likely N-dealkylation sites (tertiary alicyclic amines) is 1. The Balaban J connectivity index is 1.87. The molecule has 0 saturated carbocycles. The summed E-state index contributed by atoms with van der Waals surface area (Å²) < 4.78 is 10.4. The second-order valence-electron chi connectivity index (χ2n) is 6.88. The summed E-state index contributed by atoms with van der Waals surface area (Å²) in [7, 11) is 1.52. The Bertz CT molecular complexity index is 641. The molecule has 2 aliphatic rings. The third-order valence-corrected chi connectivity index (χ3v) is 5.32. The molecule has 0 aliphatic carbocycles. The van der Waals surface area contributed by atoms with Gasteiger partial charge in [0.1, 0.15) is 6.61 Å². The molecule has 2 fully saturated rings. The standard InChI is InChI=1S/C18H26N4O4/c1-3-26-16(24)18-6-4-9-21(15(23)12-25-2)10-14(18)11-22(13-18)17-19-7-5-8-20-17/h5,7-8,14H,3-4,6,9-13H2,1-2H3/t14-,18-/m0/s1. The van der Waals surface area contributed by atoms with E-state index in [0.717, 1.165) is 6.42 Å². The van der Waals surface area contributed by atoms with Crippen molar-refractivity contribution in [3.05, 3.63) is 18.5 Å². The molecule has 142 valence electrons. The molecular weight excluding hydrogens is 336 g/mol. The van der Waals surface area contributed by atoms with E-state index in [9.17, 15) is 9.59 Å². The second-order valence-corrected chi connectivity index (χ2v) is 6.88. The normalized spacial score (nSPS) is 25.5. The molecular formula is C18H26N4O4. The molecule has 3 heterocycles. The molecule has 1 amide bonds. The van der Waals surface area contributed by atoms with Crippen LogP contribution in [0.3, 0.4) is 0 Å². The van der Waals surface area contributed by atoms with Crippen LogP contribution in [0.1, 0.15) is 19.8 Å². The molecule has 0 aromatic carbocycles. The fourth-order valence-corrected chi connectivity index (χ4v) is 4.09. The largest absolute Gasteiger partial charge is 0.466 e. The lowest BCUT2D eigenvalue weighted by atomic mass is 9.75. The first-order valence-electron chi connectivity index (χ1n) is 9.06. The summed E-state index contributed by atoms with van der Waals surface area (Å²) in [5, 5.41) is 0. The van der Waals surface area contributed by atoms with Crippen molar-refractivity contribution in [2.24, 2.45) is 11.3 Å². The fourth-order valence-electron chi connectivity index (χ4n) is 4.09. The summed E-state index contributed by atoms with van der Waals surface area (Å²) >= 11 is 0. The Morgan fingerprint density at radius 3 is 2.77 bits per heavy atom. The van der Waals surface area contributed by atoms with Crippen LogP contribution in [-0.2, 0) is 19.1 Å². The highest BCUT2D eigenvalue weighted by atomic mass is 16.5. The fraction of sp³-hybridized carbons (Fsp3) is 0.667. The van der Waals surface area contributed by atoms with Gasteiger partial charge in [-0.25, -0.2) is 9.97 Å². The van der Waals surface area contributed by atoms with Crippen LogP contribution in [0.15, 0.2) is 18.5 Å². The molecule has 0 spiro atoms. The van der Waals surface area contributed by atoms with Gasteiger partial charge in [-0.2, -0.15) is 0 Å². The number of rotatable bonds is 5. The van der Waals surface area contributed by atoms with Gasteiger partial charge in [0.15, 0.2) is 0 Å². The Morgan fingerprint density at radius 2 is 2.08 bits per heavy atom. The molecule has 3 rings (SSSR count). The van der Waals surface area contributed by atoms with Crippen LogP contribution in [0.4, 0.5) is 5.95 Å². The first kappa shape index (κ1) is 18.6. The molecule has 26 heavy (non-hydrogen) atoms. The smallest absolute Gasteiger partial charge is 0.314 e. The zero-order valence-corrected chi connectivity index (χ0v) is 15.4. The minimum absolute atomic E-state index is 0.0198. The number of hydrogen-bond acceptors (Lipinski definition) is 7. The number of nitrogens with zero attached hydrogens (tertiary/aromatic N) is 4. The van der Waals surface area contributed by atoms with Crippen molar-refractivity contribution in [3.63, 3.8) is 0 Å². The second kappa shape index (κ2) is 7.99. The third kappa shape index (κ3) is 3.51. The molecule has 1 aromatic heterocycles.